The lowest BCUT2D eigenvalue weighted by molar-refractivity contribution is 0.113. The lowest BCUT2D eigenvalue weighted by atomic mass is 10.4. The Balaban J connectivity index is 2.11. The molecule has 0 radical (unpaired) electrons. The minimum atomic E-state index is -0.574. The molecule has 0 amide bonds. The maximum atomic E-state index is 9.02. The van der Waals surface area contributed by atoms with Gasteiger partial charge in [-0.1, -0.05) is 6.07 Å². The van der Waals surface area contributed by atoms with Crippen molar-refractivity contribution in [3.63, 3.8) is 0 Å². The van der Waals surface area contributed by atoms with Gasteiger partial charge in [0.05, 0.1) is 12.7 Å². The molecule has 0 aliphatic rings. The van der Waals surface area contributed by atoms with Crippen LogP contribution in [0.15, 0.2) is 17.5 Å². The number of thioether (sulfide) groups is 1. The zero-order chi connectivity index (χ0) is 8.81. The summed E-state index contributed by atoms with van der Waals surface area (Å²) in [6, 6.07) is 4.09. The highest BCUT2D eigenvalue weighted by molar-refractivity contribution is 7.98. The molecule has 0 fully saturated rings. The van der Waals surface area contributed by atoms with Gasteiger partial charge in [0.1, 0.15) is 0 Å². The minimum absolute atomic E-state index is 0.141. The minimum Gasteiger partial charge on any atom is -0.394 e. The fourth-order valence-electron chi connectivity index (χ4n) is 0.743. The molecule has 0 bridgehead atoms. The molecular formula is C8H12O2S2. The van der Waals surface area contributed by atoms with Crippen LogP contribution in [-0.2, 0) is 5.75 Å². The fourth-order valence-corrected chi connectivity index (χ4v) is 2.55. The van der Waals surface area contributed by atoms with Crippen molar-refractivity contribution in [1.82, 2.24) is 0 Å². The molecule has 1 heterocycles. The zero-order valence-electron chi connectivity index (χ0n) is 6.64. The maximum Gasteiger partial charge on any atom is 0.0861 e. The molecule has 1 unspecified atom stereocenters. The molecule has 0 aromatic carbocycles. The van der Waals surface area contributed by atoms with Crippen LogP contribution in [0.25, 0.3) is 0 Å². The quantitative estimate of drug-likeness (QED) is 0.760. The summed E-state index contributed by atoms with van der Waals surface area (Å²) in [5, 5.41) is 19.6. The highest BCUT2D eigenvalue weighted by atomic mass is 32.2. The van der Waals surface area contributed by atoms with E-state index in [0.29, 0.717) is 5.75 Å². The first-order chi connectivity index (χ1) is 5.83. The van der Waals surface area contributed by atoms with Crippen LogP contribution in [0.4, 0.5) is 0 Å². The van der Waals surface area contributed by atoms with Crippen LogP contribution in [0.5, 0.6) is 0 Å². The number of rotatable bonds is 5. The number of hydrogen-bond acceptors (Lipinski definition) is 4. The van der Waals surface area contributed by atoms with Gasteiger partial charge in [0.15, 0.2) is 0 Å². The van der Waals surface area contributed by atoms with Crippen molar-refractivity contribution in [1.29, 1.82) is 0 Å². The molecule has 0 aliphatic heterocycles. The predicted molar refractivity (Wildman–Crippen MR) is 53.6 cm³/mol. The average Bonchev–Trinajstić information content (AvgIpc) is 2.57. The summed E-state index contributed by atoms with van der Waals surface area (Å²) in [7, 11) is 0. The van der Waals surface area contributed by atoms with Crippen molar-refractivity contribution in [3.05, 3.63) is 22.4 Å². The van der Waals surface area contributed by atoms with E-state index in [0.717, 1.165) is 5.75 Å². The van der Waals surface area contributed by atoms with Crippen molar-refractivity contribution in [2.45, 2.75) is 11.9 Å². The third-order valence-corrected chi connectivity index (χ3v) is 3.54. The standard InChI is InChI=1S/C8H12O2S2/c9-4-7(10)5-11-6-8-2-1-3-12-8/h1-3,7,9-10H,4-6H2. The number of aliphatic hydroxyl groups is 2. The Morgan fingerprint density at radius 3 is 3.00 bits per heavy atom. The first-order valence-electron chi connectivity index (χ1n) is 3.72. The molecule has 1 atom stereocenters. The van der Waals surface area contributed by atoms with Crippen molar-refractivity contribution in [2.24, 2.45) is 0 Å². The number of aliphatic hydroxyl groups excluding tert-OH is 2. The third kappa shape index (κ3) is 3.58. The molecule has 0 saturated heterocycles. The van der Waals surface area contributed by atoms with Crippen molar-refractivity contribution in [2.75, 3.05) is 12.4 Å². The molecule has 0 saturated carbocycles. The Hall–Kier alpha value is -0.0300. The Morgan fingerprint density at radius 2 is 2.42 bits per heavy atom. The lowest BCUT2D eigenvalue weighted by Gasteiger charge is -2.04. The van der Waals surface area contributed by atoms with Gasteiger partial charge in [-0.2, -0.15) is 11.8 Å². The number of hydrogen-bond donors (Lipinski definition) is 2. The van der Waals surface area contributed by atoms with Gasteiger partial charge in [-0.25, -0.2) is 0 Å². The molecule has 1 rings (SSSR count). The zero-order valence-corrected chi connectivity index (χ0v) is 8.27. The molecular weight excluding hydrogens is 192 g/mol. The second-order valence-electron chi connectivity index (χ2n) is 2.43. The normalized spacial score (nSPS) is 13.2. The van der Waals surface area contributed by atoms with Crippen molar-refractivity contribution < 1.29 is 10.2 Å². The monoisotopic (exact) mass is 204 g/mol. The van der Waals surface area contributed by atoms with Gasteiger partial charge in [0.2, 0.25) is 0 Å². The SMILES string of the molecule is OCC(O)CSCc1cccs1. The van der Waals surface area contributed by atoms with Crippen LogP contribution in [0.2, 0.25) is 0 Å². The van der Waals surface area contributed by atoms with E-state index < -0.39 is 6.10 Å². The third-order valence-electron chi connectivity index (χ3n) is 1.35. The van der Waals surface area contributed by atoms with E-state index in [9.17, 15) is 0 Å². The fraction of sp³-hybridized carbons (Fsp3) is 0.500. The molecule has 0 spiro atoms. The van der Waals surface area contributed by atoms with Crippen LogP contribution >= 0.6 is 23.1 Å². The van der Waals surface area contributed by atoms with Gasteiger partial charge in [-0.3, -0.25) is 0 Å². The Labute approximate surface area is 80.2 Å². The van der Waals surface area contributed by atoms with E-state index in [4.69, 9.17) is 10.2 Å². The average molecular weight is 204 g/mol. The Bertz CT molecular complexity index is 199. The maximum absolute atomic E-state index is 9.02. The molecule has 68 valence electrons. The van der Waals surface area contributed by atoms with Crippen LogP contribution < -0.4 is 0 Å². The van der Waals surface area contributed by atoms with Crippen LogP contribution in [-0.4, -0.2) is 28.7 Å². The van der Waals surface area contributed by atoms with E-state index in [-0.39, 0.29) is 6.61 Å². The largest absolute Gasteiger partial charge is 0.394 e. The van der Waals surface area contributed by atoms with Gasteiger partial charge in [0, 0.05) is 16.4 Å². The van der Waals surface area contributed by atoms with Crippen molar-refractivity contribution >= 4 is 23.1 Å². The Kier molecular flexibility index (Phi) is 4.68. The predicted octanol–water partition coefficient (Wildman–Crippen LogP) is 1.33. The summed E-state index contributed by atoms with van der Waals surface area (Å²) >= 11 is 3.36. The molecule has 2 N–H and O–H groups in total. The summed E-state index contributed by atoms with van der Waals surface area (Å²) in [5.41, 5.74) is 0. The van der Waals surface area contributed by atoms with Crippen LogP contribution in [0.3, 0.4) is 0 Å². The summed E-state index contributed by atoms with van der Waals surface area (Å²) in [6.45, 7) is -0.141. The van der Waals surface area contributed by atoms with Crippen LogP contribution in [0.1, 0.15) is 4.88 Å². The smallest absolute Gasteiger partial charge is 0.0861 e. The molecule has 4 heteroatoms. The highest BCUT2D eigenvalue weighted by Gasteiger charge is 2.01. The van der Waals surface area contributed by atoms with E-state index in [1.54, 1.807) is 23.1 Å². The highest BCUT2D eigenvalue weighted by Crippen LogP contribution is 2.17. The first kappa shape index (κ1) is 10.1. The van der Waals surface area contributed by atoms with Gasteiger partial charge in [-0.05, 0) is 11.4 Å². The molecule has 12 heavy (non-hydrogen) atoms. The van der Waals surface area contributed by atoms with E-state index in [1.807, 2.05) is 11.4 Å². The summed E-state index contributed by atoms with van der Waals surface area (Å²) < 4.78 is 0. The summed E-state index contributed by atoms with van der Waals surface area (Å²) in [4.78, 5) is 1.31. The van der Waals surface area contributed by atoms with Gasteiger partial charge in [0.25, 0.3) is 0 Å². The van der Waals surface area contributed by atoms with Crippen LogP contribution in [0, 0.1) is 0 Å². The topological polar surface area (TPSA) is 40.5 Å². The van der Waals surface area contributed by atoms with Gasteiger partial charge >= 0.3 is 0 Å². The van der Waals surface area contributed by atoms with Crippen molar-refractivity contribution in [3.8, 4) is 0 Å². The first-order valence-corrected chi connectivity index (χ1v) is 5.75. The summed E-state index contributed by atoms with van der Waals surface area (Å²) in [5.74, 6) is 1.53. The number of thiophene rings is 1. The van der Waals surface area contributed by atoms with E-state index in [1.165, 1.54) is 4.88 Å². The lowest BCUT2D eigenvalue weighted by Crippen LogP contribution is -2.14. The molecule has 1 aromatic heterocycles. The van der Waals surface area contributed by atoms with E-state index >= 15 is 0 Å². The molecule has 2 nitrogen and oxygen atoms in total. The Morgan fingerprint density at radius 1 is 1.58 bits per heavy atom. The van der Waals surface area contributed by atoms with Gasteiger partial charge in [-0.15, -0.1) is 11.3 Å². The molecule has 0 aliphatic carbocycles. The second-order valence-corrected chi connectivity index (χ2v) is 4.49. The summed E-state index contributed by atoms with van der Waals surface area (Å²) in [6.07, 6.45) is -0.574. The second kappa shape index (κ2) is 5.59. The molecule has 1 aromatic rings. The van der Waals surface area contributed by atoms with E-state index in [2.05, 4.69) is 6.07 Å². The van der Waals surface area contributed by atoms with Gasteiger partial charge < -0.3 is 10.2 Å².